The highest BCUT2D eigenvalue weighted by atomic mass is 16.7. The van der Waals surface area contributed by atoms with Gasteiger partial charge in [-0.3, -0.25) is 0 Å². The Labute approximate surface area is 211 Å². The number of nitrogens with two attached hydrogens (primary N) is 2. The zero-order valence-electron chi connectivity index (χ0n) is 21.2. The number of hydrogen-bond donors (Lipinski definition) is 2. The molecule has 1 aromatic heterocycles. The number of ether oxygens (including phenoxy) is 5. The van der Waals surface area contributed by atoms with Gasteiger partial charge in [0.2, 0.25) is 11.7 Å². The van der Waals surface area contributed by atoms with Crippen LogP contribution in [0.3, 0.4) is 0 Å². The van der Waals surface area contributed by atoms with E-state index in [1.54, 1.807) is 20.4 Å². The second kappa shape index (κ2) is 11.0. The fourth-order valence-electron chi connectivity index (χ4n) is 4.13. The molecule has 0 saturated heterocycles. The maximum absolute atomic E-state index is 6.63. The first-order chi connectivity index (χ1) is 17.4. The minimum atomic E-state index is -0.762. The summed E-state index contributed by atoms with van der Waals surface area (Å²) in [6.07, 6.45) is 4.25. The number of nitrogens with zero attached hydrogens (tertiary/aromatic N) is 2. The largest absolute Gasteiger partial charge is 0.493 e. The topological polar surface area (TPSA) is 124 Å². The van der Waals surface area contributed by atoms with Crippen LogP contribution >= 0.6 is 0 Å². The SMILES string of the molecule is CCOc1cc(Cc2cnc(N)nc2N)cc(OC(C)(OC)C2CC2)c1-c1ccc(OCOC)cc1. The Hall–Kier alpha value is -3.56. The maximum Gasteiger partial charge on any atom is 0.221 e. The minimum absolute atomic E-state index is 0.142. The summed E-state index contributed by atoms with van der Waals surface area (Å²) in [7, 11) is 3.27. The van der Waals surface area contributed by atoms with Crippen LogP contribution in [0.25, 0.3) is 11.1 Å². The summed E-state index contributed by atoms with van der Waals surface area (Å²) in [5.74, 6) is 2.10. The summed E-state index contributed by atoms with van der Waals surface area (Å²) in [6, 6.07) is 11.7. The normalized spacial score (nSPS) is 14.8. The number of anilines is 2. The first-order valence-electron chi connectivity index (χ1n) is 12.0. The zero-order chi connectivity index (χ0) is 25.7. The van der Waals surface area contributed by atoms with E-state index >= 15 is 0 Å². The highest BCUT2D eigenvalue weighted by Crippen LogP contribution is 2.47. The van der Waals surface area contributed by atoms with Gasteiger partial charge in [-0.15, -0.1) is 0 Å². The highest BCUT2D eigenvalue weighted by Gasteiger charge is 2.44. The van der Waals surface area contributed by atoms with Crippen molar-refractivity contribution in [2.24, 2.45) is 5.92 Å². The van der Waals surface area contributed by atoms with Gasteiger partial charge in [0.25, 0.3) is 0 Å². The standard InChI is InChI=1S/C27H34N4O5/c1-5-34-22-13-17(12-19-15-30-26(29)31-25(19)28)14-23(36-27(2,33-4)20-8-9-20)24(22)18-6-10-21(11-7-18)35-16-32-3/h6-7,10-11,13-15,20H,5,8-9,12,16H2,1-4H3,(H4,28,29,30,31). The van der Waals surface area contributed by atoms with Crippen molar-refractivity contribution < 1.29 is 23.7 Å². The molecule has 0 radical (unpaired) electrons. The van der Waals surface area contributed by atoms with Crippen molar-refractivity contribution in [1.82, 2.24) is 9.97 Å². The number of hydrogen-bond acceptors (Lipinski definition) is 9. The van der Waals surface area contributed by atoms with Gasteiger partial charge in [-0.2, -0.15) is 4.98 Å². The average Bonchev–Trinajstić information content (AvgIpc) is 3.71. The first kappa shape index (κ1) is 25.5. The summed E-state index contributed by atoms with van der Waals surface area (Å²) in [6.45, 7) is 4.60. The van der Waals surface area contributed by atoms with Crippen LogP contribution in [-0.4, -0.2) is 43.4 Å². The van der Waals surface area contributed by atoms with Crippen molar-refractivity contribution in [2.75, 3.05) is 39.1 Å². The van der Waals surface area contributed by atoms with Crippen LogP contribution in [0.4, 0.5) is 11.8 Å². The lowest BCUT2D eigenvalue weighted by molar-refractivity contribution is -0.164. The summed E-state index contributed by atoms with van der Waals surface area (Å²) in [5.41, 5.74) is 15.3. The third-order valence-electron chi connectivity index (χ3n) is 6.26. The molecule has 192 valence electrons. The second-order valence-corrected chi connectivity index (χ2v) is 8.89. The van der Waals surface area contributed by atoms with Crippen molar-refractivity contribution in [1.29, 1.82) is 0 Å². The molecule has 36 heavy (non-hydrogen) atoms. The van der Waals surface area contributed by atoms with Crippen LogP contribution < -0.4 is 25.7 Å². The highest BCUT2D eigenvalue weighted by molar-refractivity contribution is 5.78. The van der Waals surface area contributed by atoms with E-state index in [0.29, 0.717) is 42.0 Å². The Bertz CT molecular complexity index is 1180. The van der Waals surface area contributed by atoms with E-state index < -0.39 is 5.79 Å². The lowest BCUT2D eigenvalue weighted by atomic mass is 9.98. The van der Waals surface area contributed by atoms with Gasteiger partial charge < -0.3 is 35.2 Å². The number of rotatable bonds is 12. The zero-order valence-corrected chi connectivity index (χ0v) is 21.2. The van der Waals surface area contributed by atoms with Crippen molar-refractivity contribution in [3.05, 3.63) is 53.7 Å². The van der Waals surface area contributed by atoms with E-state index in [1.165, 1.54) is 0 Å². The van der Waals surface area contributed by atoms with Crippen LogP contribution in [0.2, 0.25) is 0 Å². The molecule has 4 N–H and O–H groups in total. The molecule has 3 aromatic rings. The minimum Gasteiger partial charge on any atom is -0.493 e. The predicted octanol–water partition coefficient (Wildman–Crippen LogP) is 4.43. The van der Waals surface area contributed by atoms with Gasteiger partial charge in [-0.25, -0.2) is 4.98 Å². The summed E-state index contributed by atoms with van der Waals surface area (Å²) >= 11 is 0. The predicted molar refractivity (Wildman–Crippen MR) is 138 cm³/mol. The van der Waals surface area contributed by atoms with Gasteiger partial charge in [0.15, 0.2) is 6.79 Å². The molecule has 9 nitrogen and oxygen atoms in total. The van der Waals surface area contributed by atoms with Crippen LogP contribution in [-0.2, 0) is 15.9 Å². The third-order valence-corrected chi connectivity index (χ3v) is 6.26. The van der Waals surface area contributed by atoms with E-state index in [2.05, 4.69) is 9.97 Å². The Kier molecular flexibility index (Phi) is 7.81. The lowest BCUT2D eigenvalue weighted by Crippen LogP contribution is -2.37. The molecule has 4 rings (SSSR count). The molecule has 0 aliphatic heterocycles. The number of benzene rings is 2. The third kappa shape index (κ3) is 5.80. The summed E-state index contributed by atoms with van der Waals surface area (Å²) in [4.78, 5) is 8.19. The molecule has 9 heteroatoms. The molecule has 2 aromatic carbocycles. The van der Waals surface area contributed by atoms with Crippen molar-refractivity contribution in [2.45, 2.75) is 38.9 Å². The van der Waals surface area contributed by atoms with Gasteiger partial charge in [0, 0.05) is 45.2 Å². The molecule has 1 heterocycles. The Morgan fingerprint density at radius 2 is 1.75 bits per heavy atom. The fraction of sp³-hybridized carbons (Fsp3) is 0.407. The Morgan fingerprint density at radius 1 is 1.03 bits per heavy atom. The van der Waals surface area contributed by atoms with Crippen LogP contribution in [0.15, 0.2) is 42.6 Å². The van der Waals surface area contributed by atoms with E-state index in [9.17, 15) is 0 Å². The average molecular weight is 495 g/mol. The van der Waals surface area contributed by atoms with E-state index in [4.69, 9.17) is 35.2 Å². The molecular weight excluding hydrogens is 460 g/mol. The second-order valence-electron chi connectivity index (χ2n) is 8.89. The van der Waals surface area contributed by atoms with Crippen molar-refractivity contribution in [3.8, 4) is 28.4 Å². The monoisotopic (exact) mass is 494 g/mol. The number of methoxy groups -OCH3 is 2. The van der Waals surface area contributed by atoms with Crippen molar-refractivity contribution in [3.63, 3.8) is 0 Å². The summed E-state index contributed by atoms with van der Waals surface area (Å²) in [5, 5.41) is 0. The van der Waals surface area contributed by atoms with Gasteiger partial charge in [-0.05, 0) is 55.2 Å². The quantitative estimate of drug-likeness (QED) is 0.352. The van der Waals surface area contributed by atoms with E-state index in [-0.39, 0.29) is 12.7 Å². The molecular formula is C27H34N4O5. The fourth-order valence-corrected chi connectivity index (χ4v) is 4.13. The molecule has 1 fully saturated rings. The Morgan fingerprint density at radius 3 is 2.36 bits per heavy atom. The molecule has 0 spiro atoms. The van der Waals surface area contributed by atoms with Gasteiger partial charge in [0.1, 0.15) is 23.1 Å². The van der Waals surface area contributed by atoms with Crippen LogP contribution in [0.5, 0.6) is 17.2 Å². The van der Waals surface area contributed by atoms with Crippen LogP contribution in [0.1, 0.15) is 37.8 Å². The number of aromatic nitrogens is 2. The molecule has 1 unspecified atom stereocenters. The molecule has 0 amide bonds. The first-order valence-corrected chi connectivity index (χ1v) is 12.0. The summed E-state index contributed by atoms with van der Waals surface area (Å²) < 4.78 is 29.2. The lowest BCUT2D eigenvalue weighted by Gasteiger charge is -2.31. The number of nitrogen functional groups attached to an aromatic ring is 2. The van der Waals surface area contributed by atoms with E-state index in [1.807, 2.05) is 50.2 Å². The van der Waals surface area contributed by atoms with Gasteiger partial charge >= 0.3 is 0 Å². The smallest absolute Gasteiger partial charge is 0.221 e. The van der Waals surface area contributed by atoms with E-state index in [0.717, 1.165) is 35.1 Å². The molecule has 1 atom stereocenters. The van der Waals surface area contributed by atoms with Crippen LogP contribution in [0, 0.1) is 5.92 Å². The molecule has 1 saturated carbocycles. The Balaban J connectivity index is 1.79. The molecule has 0 bridgehead atoms. The molecule has 1 aliphatic rings. The molecule has 1 aliphatic carbocycles. The maximum atomic E-state index is 6.63. The van der Waals surface area contributed by atoms with Gasteiger partial charge in [-0.1, -0.05) is 12.1 Å². The van der Waals surface area contributed by atoms with Crippen molar-refractivity contribution >= 4 is 11.8 Å². The van der Waals surface area contributed by atoms with Gasteiger partial charge in [0.05, 0.1) is 12.2 Å².